The second-order valence-corrected chi connectivity index (χ2v) is 8.21. The standard InChI is InChI=1S/C18H31N5O7S/c1-31-8-6-11(21-15(26)10(19)4-5-14(20)25)17(28)23-7-2-3-13(23)16(27)22-12(9-24)18(29)30/h10-13,24H,2-9,19H2,1H3,(H2,20,25)(H,21,26)(H,22,27)(H,29,30)/t10-,11-,12-,13-/m0/s1. The molecule has 1 rings (SSSR count). The highest BCUT2D eigenvalue weighted by Gasteiger charge is 2.38. The lowest BCUT2D eigenvalue weighted by atomic mass is 10.1. The fraction of sp³-hybridized carbons (Fsp3) is 0.722. The molecule has 176 valence electrons. The summed E-state index contributed by atoms with van der Waals surface area (Å²) in [5.41, 5.74) is 10.8. The third-order valence-electron chi connectivity index (χ3n) is 4.90. The predicted octanol–water partition coefficient (Wildman–Crippen LogP) is -2.63. The summed E-state index contributed by atoms with van der Waals surface area (Å²) >= 11 is 1.47. The number of primary amides is 1. The Labute approximate surface area is 184 Å². The molecule has 12 nitrogen and oxygen atoms in total. The van der Waals surface area contributed by atoms with Crippen molar-refractivity contribution in [3.8, 4) is 0 Å². The molecular formula is C18H31N5O7S. The molecule has 0 bridgehead atoms. The van der Waals surface area contributed by atoms with E-state index in [-0.39, 0.29) is 19.4 Å². The van der Waals surface area contributed by atoms with Gasteiger partial charge in [0, 0.05) is 13.0 Å². The van der Waals surface area contributed by atoms with E-state index in [0.29, 0.717) is 25.0 Å². The Kier molecular flexibility index (Phi) is 11.3. The average molecular weight is 462 g/mol. The van der Waals surface area contributed by atoms with Crippen LogP contribution in [0.3, 0.4) is 0 Å². The second-order valence-electron chi connectivity index (χ2n) is 7.23. The number of hydrogen-bond donors (Lipinski definition) is 6. The number of carboxylic acid groups (broad SMARTS) is 1. The van der Waals surface area contributed by atoms with E-state index >= 15 is 0 Å². The van der Waals surface area contributed by atoms with Crippen LogP contribution in [-0.2, 0) is 24.0 Å². The Morgan fingerprint density at radius 3 is 2.39 bits per heavy atom. The van der Waals surface area contributed by atoms with Gasteiger partial charge in [-0.15, -0.1) is 0 Å². The van der Waals surface area contributed by atoms with Gasteiger partial charge in [-0.05, 0) is 37.7 Å². The van der Waals surface area contributed by atoms with Gasteiger partial charge in [0.25, 0.3) is 0 Å². The summed E-state index contributed by atoms with van der Waals surface area (Å²) in [6.45, 7) is -0.509. The van der Waals surface area contributed by atoms with Gasteiger partial charge in [0.2, 0.25) is 23.6 Å². The predicted molar refractivity (Wildman–Crippen MR) is 113 cm³/mol. The van der Waals surface area contributed by atoms with Crippen molar-refractivity contribution in [1.82, 2.24) is 15.5 Å². The van der Waals surface area contributed by atoms with Crippen LogP contribution < -0.4 is 22.1 Å². The lowest BCUT2D eigenvalue weighted by Gasteiger charge is -2.29. The van der Waals surface area contributed by atoms with Crippen molar-refractivity contribution in [1.29, 1.82) is 0 Å². The van der Waals surface area contributed by atoms with Crippen molar-refractivity contribution in [2.45, 2.75) is 56.3 Å². The number of aliphatic carboxylic acids is 1. The Morgan fingerprint density at radius 1 is 1.16 bits per heavy atom. The van der Waals surface area contributed by atoms with Crippen LogP contribution in [0.4, 0.5) is 0 Å². The number of hydrogen-bond acceptors (Lipinski definition) is 8. The minimum absolute atomic E-state index is 0.0388. The number of likely N-dealkylation sites (tertiary alicyclic amines) is 1. The molecule has 4 atom stereocenters. The van der Waals surface area contributed by atoms with Crippen molar-refractivity contribution in [3.05, 3.63) is 0 Å². The largest absolute Gasteiger partial charge is 0.480 e. The van der Waals surface area contributed by atoms with Crippen molar-refractivity contribution in [3.63, 3.8) is 0 Å². The normalized spacial score (nSPS) is 18.7. The van der Waals surface area contributed by atoms with E-state index in [9.17, 15) is 24.0 Å². The minimum Gasteiger partial charge on any atom is -0.480 e. The van der Waals surface area contributed by atoms with Crippen LogP contribution in [0.15, 0.2) is 0 Å². The van der Waals surface area contributed by atoms with Gasteiger partial charge in [-0.3, -0.25) is 19.2 Å². The molecule has 31 heavy (non-hydrogen) atoms. The first kappa shape index (κ1) is 26.7. The zero-order chi connectivity index (χ0) is 23.6. The van der Waals surface area contributed by atoms with Crippen molar-refractivity contribution in [2.75, 3.05) is 25.2 Å². The molecule has 0 saturated carbocycles. The fourth-order valence-electron chi connectivity index (χ4n) is 3.16. The number of nitrogens with one attached hydrogen (secondary N) is 2. The SMILES string of the molecule is CSCC[C@H](NC(=O)[C@@H](N)CCC(N)=O)C(=O)N1CCC[C@H]1C(=O)N[C@@H](CO)C(=O)O. The van der Waals surface area contributed by atoms with Gasteiger partial charge in [-0.25, -0.2) is 4.79 Å². The molecule has 0 spiro atoms. The van der Waals surface area contributed by atoms with Crippen LogP contribution in [0.5, 0.6) is 0 Å². The lowest BCUT2D eigenvalue weighted by molar-refractivity contribution is -0.145. The van der Waals surface area contributed by atoms with Gasteiger partial charge in [-0.2, -0.15) is 11.8 Å². The molecule has 1 fully saturated rings. The lowest BCUT2D eigenvalue weighted by Crippen LogP contribution is -2.57. The van der Waals surface area contributed by atoms with Gasteiger partial charge in [-0.1, -0.05) is 0 Å². The maximum absolute atomic E-state index is 13.1. The van der Waals surface area contributed by atoms with Crippen LogP contribution in [0.2, 0.25) is 0 Å². The van der Waals surface area contributed by atoms with E-state index in [1.165, 1.54) is 16.7 Å². The molecule has 0 unspecified atom stereocenters. The van der Waals surface area contributed by atoms with E-state index < -0.39 is 60.4 Å². The van der Waals surface area contributed by atoms with Crippen LogP contribution in [-0.4, -0.2) is 94.0 Å². The molecule has 0 aromatic heterocycles. The summed E-state index contributed by atoms with van der Waals surface area (Å²) in [5.74, 6) is -3.18. The number of thioether (sulfide) groups is 1. The van der Waals surface area contributed by atoms with E-state index in [1.807, 2.05) is 6.26 Å². The summed E-state index contributed by atoms with van der Waals surface area (Å²) in [4.78, 5) is 61.3. The maximum Gasteiger partial charge on any atom is 0.328 e. The van der Waals surface area contributed by atoms with Crippen LogP contribution in [0, 0.1) is 0 Å². The third kappa shape index (κ3) is 8.34. The molecule has 1 heterocycles. The van der Waals surface area contributed by atoms with Gasteiger partial charge in [0.05, 0.1) is 12.6 Å². The maximum atomic E-state index is 13.1. The smallest absolute Gasteiger partial charge is 0.328 e. The molecule has 4 amide bonds. The van der Waals surface area contributed by atoms with Gasteiger partial charge in [0.1, 0.15) is 18.1 Å². The molecule has 13 heteroatoms. The summed E-state index contributed by atoms with van der Waals surface area (Å²) in [6, 6.07) is -4.32. The molecule has 0 aliphatic carbocycles. The Bertz CT molecular complexity index is 678. The van der Waals surface area contributed by atoms with Crippen LogP contribution in [0.1, 0.15) is 32.1 Å². The number of amides is 4. The molecule has 0 aromatic carbocycles. The van der Waals surface area contributed by atoms with E-state index in [0.717, 1.165) is 0 Å². The number of rotatable bonds is 13. The number of aliphatic hydroxyl groups excluding tert-OH is 1. The zero-order valence-corrected chi connectivity index (χ0v) is 18.2. The summed E-state index contributed by atoms with van der Waals surface area (Å²) in [6.07, 6.45) is 2.97. The Morgan fingerprint density at radius 2 is 1.84 bits per heavy atom. The molecule has 0 radical (unpaired) electrons. The topological polar surface area (TPSA) is 205 Å². The van der Waals surface area contributed by atoms with Crippen molar-refractivity contribution >= 4 is 41.4 Å². The van der Waals surface area contributed by atoms with Crippen LogP contribution >= 0.6 is 11.8 Å². The van der Waals surface area contributed by atoms with Crippen molar-refractivity contribution < 1.29 is 34.2 Å². The van der Waals surface area contributed by atoms with Crippen LogP contribution in [0.25, 0.3) is 0 Å². The Balaban J connectivity index is 2.87. The first-order chi connectivity index (χ1) is 14.6. The second kappa shape index (κ2) is 13.1. The number of carboxylic acids is 1. The molecule has 8 N–H and O–H groups in total. The highest BCUT2D eigenvalue weighted by Crippen LogP contribution is 2.20. The number of nitrogens with two attached hydrogens (primary N) is 2. The molecule has 1 aliphatic heterocycles. The van der Waals surface area contributed by atoms with E-state index in [2.05, 4.69) is 10.6 Å². The Hall–Kier alpha value is -2.38. The minimum atomic E-state index is -1.47. The van der Waals surface area contributed by atoms with Gasteiger partial charge < -0.3 is 37.2 Å². The molecule has 1 aliphatic rings. The van der Waals surface area contributed by atoms with Gasteiger partial charge in [0.15, 0.2) is 0 Å². The summed E-state index contributed by atoms with van der Waals surface area (Å²) in [5, 5.41) is 22.9. The monoisotopic (exact) mass is 461 g/mol. The van der Waals surface area contributed by atoms with Gasteiger partial charge >= 0.3 is 5.97 Å². The highest BCUT2D eigenvalue weighted by molar-refractivity contribution is 7.98. The summed E-state index contributed by atoms with van der Waals surface area (Å²) < 4.78 is 0. The fourth-order valence-corrected chi connectivity index (χ4v) is 3.63. The number of nitrogens with zero attached hydrogens (tertiary/aromatic N) is 1. The first-order valence-corrected chi connectivity index (χ1v) is 11.3. The quantitative estimate of drug-likeness (QED) is 0.169. The van der Waals surface area contributed by atoms with E-state index in [1.54, 1.807) is 0 Å². The third-order valence-corrected chi connectivity index (χ3v) is 5.54. The van der Waals surface area contributed by atoms with Crippen molar-refractivity contribution in [2.24, 2.45) is 11.5 Å². The molecule has 0 aromatic rings. The first-order valence-electron chi connectivity index (χ1n) is 9.90. The molecule has 1 saturated heterocycles. The highest BCUT2D eigenvalue weighted by atomic mass is 32.2. The van der Waals surface area contributed by atoms with E-state index in [4.69, 9.17) is 21.7 Å². The number of aliphatic hydroxyl groups is 1. The zero-order valence-electron chi connectivity index (χ0n) is 17.4. The average Bonchev–Trinajstić information content (AvgIpc) is 3.21. The molecular weight excluding hydrogens is 430 g/mol. The summed E-state index contributed by atoms with van der Waals surface area (Å²) in [7, 11) is 0. The number of carbonyl (C=O) groups excluding carboxylic acids is 4. The number of carbonyl (C=O) groups is 5.